The smallest absolute Gasteiger partial charge is 0.255 e. The summed E-state index contributed by atoms with van der Waals surface area (Å²) in [6.07, 6.45) is 4.32. The second-order valence-electron chi connectivity index (χ2n) is 6.11. The summed E-state index contributed by atoms with van der Waals surface area (Å²) >= 11 is 12.0. The van der Waals surface area contributed by atoms with Crippen molar-refractivity contribution in [3.63, 3.8) is 0 Å². The first-order valence-electron chi connectivity index (χ1n) is 8.20. The van der Waals surface area contributed by atoms with Crippen LogP contribution in [0.3, 0.4) is 0 Å². The van der Waals surface area contributed by atoms with Crippen LogP contribution in [0.25, 0.3) is 0 Å². The molecule has 2 aromatic rings. The normalized spacial score (nSPS) is 14.3. The number of rotatable bonds is 4. The first-order valence-corrected chi connectivity index (χ1v) is 8.96. The highest BCUT2D eigenvalue weighted by molar-refractivity contribution is 6.35. The van der Waals surface area contributed by atoms with Gasteiger partial charge in [0, 0.05) is 22.2 Å². The lowest BCUT2D eigenvalue weighted by Crippen LogP contribution is -2.32. The lowest BCUT2D eigenvalue weighted by atomic mass is 10.1. The molecule has 0 aromatic heterocycles. The van der Waals surface area contributed by atoms with E-state index in [0.29, 0.717) is 26.9 Å². The zero-order chi connectivity index (χ0) is 17.8. The topological polar surface area (TPSA) is 58.2 Å². The van der Waals surface area contributed by atoms with Crippen LogP contribution in [-0.4, -0.2) is 17.9 Å². The van der Waals surface area contributed by atoms with Gasteiger partial charge in [-0.1, -0.05) is 42.1 Å². The van der Waals surface area contributed by atoms with Crippen molar-refractivity contribution in [2.45, 2.75) is 31.7 Å². The molecule has 0 atom stereocenters. The fraction of sp³-hybridized carbons (Fsp3) is 0.263. The molecule has 0 bridgehead atoms. The van der Waals surface area contributed by atoms with E-state index in [1.54, 1.807) is 42.5 Å². The molecule has 3 rings (SSSR count). The summed E-state index contributed by atoms with van der Waals surface area (Å²) in [5.74, 6) is -0.498. The van der Waals surface area contributed by atoms with E-state index >= 15 is 0 Å². The maximum absolute atomic E-state index is 12.5. The molecule has 1 aliphatic carbocycles. The van der Waals surface area contributed by atoms with Crippen LogP contribution in [-0.2, 0) is 0 Å². The van der Waals surface area contributed by atoms with Gasteiger partial charge < -0.3 is 10.6 Å². The molecule has 0 saturated heterocycles. The molecular weight excluding hydrogens is 359 g/mol. The highest BCUT2D eigenvalue weighted by atomic mass is 35.5. The second-order valence-corrected chi connectivity index (χ2v) is 6.96. The molecule has 0 spiro atoms. The van der Waals surface area contributed by atoms with Crippen LogP contribution < -0.4 is 10.6 Å². The predicted molar refractivity (Wildman–Crippen MR) is 101 cm³/mol. The largest absolute Gasteiger partial charge is 0.349 e. The number of halogens is 2. The quantitative estimate of drug-likeness (QED) is 0.795. The van der Waals surface area contributed by atoms with E-state index in [-0.39, 0.29) is 17.9 Å². The molecule has 6 heteroatoms. The van der Waals surface area contributed by atoms with Crippen molar-refractivity contribution in [1.82, 2.24) is 5.32 Å². The van der Waals surface area contributed by atoms with Gasteiger partial charge in [0.05, 0.1) is 10.7 Å². The van der Waals surface area contributed by atoms with E-state index in [2.05, 4.69) is 10.6 Å². The summed E-state index contributed by atoms with van der Waals surface area (Å²) in [5.41, 5.74) is 1.28. The van der Waals surface area contributed by atoms with Crippen LogP contribution >= 0.6 is 23.2 Å². The van der Waals surface area contributed by atoms with Crippen molar-refractivity contribution in [3.8, 4) is 0 Å². The number of carbonyl (C=O) groups excluding carboxylic acids is 2. The maximum Gasteiger partial charge on any atom is 0.255 e. The average molecular weight is 377 g/mol. The van der Waals surface area contributed by atoms with Crippen LogP contribution in [0.1, 0.15) is 46.4 Å². The van der Waals surface area contributed by atoms with Gasteiger partial charge in [-0.25, -0.2) is 0 Å². The van der Waals surface area contributed by atoms with Crippen molar-refractivity contribution in [2.75, 3.05) is 5.32 Å². The number of carbonyl (C=O) groups is 2. The molecule has 2 amide bonds. The monoisotopic (exact) mass is 376 g/mol. The summed E-state index contributed by atoms with van der Waals surface area (Å²) in [6.45, 7) is 0. The van der Waals surface area contributed by atoms with Crippen molar-refractivity contribution in [3.05, 3.63) is 63.6 Å². The van der Waals surface area contributed by atoms with Crippen LogP contribution in [0.4, 0.5) is 5.69 Å². The molecule has 1 fully saturated rings. The average Bonchev–Trinajstić information content (AvgIpc) is 3.11. The highest BCUT2D eigenvalue weighted by Gasteiger charge is 2.18. The Hall–Kier alpha value is -2.04. The summed E-state index contributed by atoms with van der Waals surface area (Å²) in [6, 6.07) is 11.7. The van der Waals surface area contributed by atoms with Crippen LogP contribution in [0.2, 0.25) is 10.0 Å². The van der Waals surface area contributed by atoms with E-state index in [9.17, 15) is 9.59 Å². The minimum absolute atomic E-state index is 0.151. The van der Waals surface area contributed by atoms with Crippen molar-refractivity contribution in [1.29, 1.82) is 0 Å². The Morgan fingerprint density at radius 1 is 0.920 bits per heavy atom. The molecule has 0 unspecified atom stereocenters. The van der Waals surface area contributed by atoms with Crippen LogP contribution in [0, 0.1) is 0 Å². The van der Waals surface area contributed by atoms with E-state index in [1.165, 1.54) is 0 Å². The Morgan fingerprint density at radius 2 is 1.60 bits per heavy atom. The first-order chi connectivity index (χ1) is 12.0. The molecular formula is C19H18Cl2N2O2. The lowest BCUT2D eigenvalue weighted by molar-refractivity contribution is 0.0938. The van der Waals surface area contributed by atoms with E-state index in [4.69, 9.17) is 23.2 Å². The maximum atomic E-state index is 12.5. The summed E-state index contributed by atoms with van der Waals surface area (Å²) in [7, 11) is 0. The lowest BCUT2D eigenvalue weighted by Gasteiger charge is -2.12. The summed E-state index contributed by atoms with van der Waals surface area (Å²) in [4.78, 5) is 24.8. The van der Waals surface area contributed by atoms with Gasteiger partial charge >= 0.3 is 0 Å². The number of benzene rings is 2. The minimum Gasteiger partial charge on any atom is -0.349 e. The summed E-state index contributed by atoms with van der Waals surface area (Å²) in [5, 5.41) is 6.61. The second kappa shape index (κ2) is 7.89. The Balaban J connectivity index is 1.72. The van der Waals surface area contributed by atoms with Gasteiger partial charge in [0.1, 0.15) is 0 Å². The number of nitrogens with one attached hydrogen (secondary N) is 2. The van der Waals surface area contributed by atoms with E-state index in [0.717, 1.165) is 25.7 Å². The van der Waals surface area contributed by atoms with Gasteiger partial charge in [0.25, 0.3) is 11.8 Å². The SMILES string of the molecule is O=C(Nc1cc(Cl)ccc1Cl)c1cccc(C(=O)NC2CCCC2)c1. The Bertz CT molecular complexity index is 802. The van der Waals surface area contributed by atoms with Gasteiger partial charge in [-0.15, -0.1) is 0 Å². The van der Waals surface area contributed by atoms with Crippen LogP contribution in [0.5, 0.6) is 0 Å². The Labute approximate surface area is 156 Å². The zero-order valence-corrected chi connectivity index (χ0v) is 15.0. The molecule has 4 nitrogen and oxygen atoms in total. The number of hydrogen-bond donors (Lipinski definition) is 2. The number of amides is 2. The molecule has 130 valence electrons. The molecule has 0 aliphatic heterocycles. The molecule has 2 N–H and O–H groups in total. The Kier molecular flexibility index (Phi) is 5.61. The molecule has 25 heavy (non-hydrogen) atoms. The molecule has 1 aliphatic rings. The van der Waals surface area contributed by atoms with Crippen molar-refractivity contribution < 1.29 is 9.59 Å². The van der Waals surface area contributed by atoms with E-state index in [1.807, 2.05) is 0 Å². The molecule has 2 aromatic carbocycles. The highest BCUT2D eigenvalue weighted by Crippen LogP contribution is 2.26. The Morgan fingerprint density at radius 3 is 2.32 bits per heavy atom. The van der Waals surface area contributed by atoms with Crippen LogP contribution in [0.15, 0.2) is 42.5 Å². The fourth-order valence-corrected chi connectivity index (χ4v) is 3.27. The zero-order valence-electron chi connectivity index (χ0n) is 13.5. The number of hydrogen-bond acceptors (Lipinski definition) is 2. The molecule has 0 radical (unpaired) electrons. The van der Waals surface area contributed by atoms with Crippen molar-refractivity contribution in [2.24, 2.45) is 0 Å². The first kappa shape index (κ1) is 17.8. The molecule has 1 saturated carbocycles. The third-order valence-electron chi connectivity index (χ3n) is 4.25. The fourth-order valence-electron chi connectivity index (χ4n) is 2.93. The van der Waals surface area contributed by atoms with Gasteiger partial charge in [-0.05, 0) is 49.2 Å². The van der Waals surface area contributed by atoms with Gasteiger partial charge in [0.2, 0.25) is 0 Å². The van der Waals surface area contributed by atoms with Crippen molar-refractivity contribution >= 4 is 40.7 Å². The van der Waals surface area contributed by atoms with Gasteiger partial charge in [-0.3, -0.25) is 9.59 Å². The number of anilines is 1. The minimum atomic E-state index is -0.348. The summed E-state index contributed by atoms with van der Waals surface area (Å²) < 4.78 is 0. The third kappa shape index (κ3) is 4.53. The van der Waals surface area contributed by atoms with Gasteiger partial charge in [0.15, 0.2) is 0 Å². The van der Waals surface area contributed by atoms with E-state index < -0.39 is 0 Å². The molecule has 0 heterocycles. The van der Waals surface area contributed by atoms with Gasteiger partial charge in [-0.2, -0.15) is 0 Å². The standard InChI is InChI=1S/C19H18Cl2N2O2/c20-14-8-9-16(21)17(11-14)23-19(25)13-5-3-4-12(10-13)18(24)22-15-6-1-2-7-15/h3-5,8-11,15H,1-2,6-7H2,(H,22,24)(H,23,25). The predicted octanol–water partition coefficient (Wildman–Crippen LogP) is 4.92. The third-order valence-corrected chi connectivity index (χ3v) is 4.82.